The second-order valence-corrected chi connectivity index (χ2v) is 4.63. The van der Waals surface area contributed by atoms with E-state index in [0.29, 0.717) is 18.2 Å². The number of ether oxygens (including phenoxy) is 1. The first-order chi connectivity index (χ1) is 11.0. The van der Waals surface area contributed by atoms with Gasteiger partial charge >= 0.3 is 19.0 Å². The van der Waals surface area contributed by atoms with E-state index in [0.717, 1.165) is 24.3 Å². The highest BCUT2D eigenvalue weighted by molar-refractivity contribution is 5.72. The lowest BCUT2D eigenvalue weighted by molar-refractivity contribution is -0.142. The zero-order chi connectivity index (χ0) is 18.1. The first-order valence-electron chi connectivity index (χ1n) is 6.33. The van der Waals surface area contributed by atoms with Crippen molar-refractivity contribution in [3.63, 3.8) is 0 Å². The predicted molar refractivity (Wildman–Crippen MR) is 68.5 cm³/mol. The van der Waals surface area contributed by atoms with E-state index >= 15 is 0 Å². The first kappa shape index (κ1) is 18.0. The summed E-state index contributed by atoms with van der Waals surface area (Å²) in [4.78, 5) is 0. The van der Waals surface area contributed by atoms with Crippen molar-refractivity contribution in [1.82, 2.24) is 0 Å². The van der Waals surface area contributed by atoms with Crippen molar-refractivity contribution in [1.29, 1.82) is 0 Å². The highest BCUT2D eigenvalue weighted by Gasteiger charge is 2.36. The SMILES string of the molecule is FC(F)Oc1c(-c2ccc(C(F)(F)F)cc2)cccc1C(F)(F)F. The zero-order valence-electron chi connectivity index (χ0n) is 11.6. The summed E-state index contributed by atoms with van der Waals surface area (Å²) in [6.45, 7) is -3.53. The van der Waals surface area contributed by atoms with Gasteiger partial charge in [0.15, 0.2) is 0 Å². The van der Waals surface area contributed by atoms with Gasteiger partial charge in [-0.05, 0) is 23.8 Å². The minimum Gasteiger partial charge on any atom is -0.434 e. The lowest BCUT2D eigenvalue weighted by atomic mass is 10.00. The van der Waals surface area contributed by atoms with E-state index < -0.39 is 35.8 Å². The van der Waals surface area contributed by atoms with Crippen molar-refractivity contribution in [2.75, 3.05) is 0 Å². The van der Waals surface area contributed by atoms with Gasteiger partial charge in [-0.15, -0.1) is 0 Å². The van der Waals surface area contributed by atoms with Crippen molar-refractivity contribution in [3.05, 3.63) is 53.6 Å². The summed E-state index contributed by atoms with van der Waals surface area (Å²) in [5.41, 5.74) is -2.97. The van der Waals surface area contributed by atoms with Crippen molar-refractivity contribution < 1.29 is 39.9 Å². The highest BCUT2D eigenvalue weighted by atomic mass is 19.4. The number of halogens is 8. The Morgan fingerprint density at radius 2 is 1.33 bits per heavy atom. The van der Waals surface area contributed by atoms with Crippen LogP contribution in [0, 0.1) is 0 Å². The quantitative estimate of drug-likeness (QED) is 0.614. The van der Waals surface area contributed by atoms with Crippen LogP contribution in [0.15, 0.2) is 42.5 Å². The molecule has 9 heteroatoms. The lowest BCUT2D eigenvalue weighted by Gasteiger charge is -2.17. The van der Waals surface area contributed by atoms with Gasteiger partial charge in [0.1, 0.15) is 5.75 Å². The maximum atomic E-state index is 12.9. The molecule has 0 fully saturated rings. The molecule has 2 rings (SSSR count). The van der Waals surface area contributed by atoms with Crippen LogP contribution >= 0.6 is 0 Å². The molecule has 0 aliphatic heterocycles. The summed E-state index contributed by atoms with van der Waals surface area (Å²) in [5.74, 6) is -1.14. The Morgan fingerprint density at radius 3 is 1.79 bits per heavy atom. The van der Waals surface area contributed by atoms with Gasteiger partial charge in [0.05, 0.1) is 11.1 Å². The maximum absolute atomic E-state index is 12.9. The Labute approximate surface area is 130 Å². The Morgan fingerprint density at radius 1 is 0.750 bits per heavy atom. The average molecular weight is 356 g/mol. The molecule has 0 atom stereocenters. The molecule has 24 heavy (non-hydrogen) atoms. The number of benzene rings is 2. The fourth-order valence-corrected chi connectivity index (χ4v) is 2.04. The molecule has 2 aromatic carbocycles. The van der Waals surface area contributed by atoms with Crippen LogP contribution in [0.4, 0.5) is 35.1 Å². The summed E-state index contributed by atoms with van der Waals surface area (Å²) in [7, 11) is 0. The maximum Gasteiger partial charge on any atom is 0.419 e. The number of rotatable bonds is 3. The molecular formula is C15H8F8O. The molecule has 0 N–H and O–H groups in total. The third-order valence-corrected chi connectivity index (χ3v) is 3.05. The number of hydrogen-bond acceptors (Lipinski definition) is 1. The molecule has 0 heterocycles. The summed E-state index contributed by atoms with van der Waals surface area (Å²) in [6, 6.07) is 5.60. The average Bonchev–Trinajstić information content (AvgIpc) is 2.45. The van der Waals surface area contributed by atoms with Crippen molar-refractivity contribution in [2.45, 2.75) is 19.0 Å². The first-order valence-corrected chi connectivity index (χ1v) is 6.33. The summed E-state index contributed by atoms with van der Waals surface area (Å²) in [6.07, 6.45) is -9.60. The minimum atomic E-state index is -4.97. The summed E-state index contributed by atoms with van der Waals surface area (Å²) < 4.78 is 105. The third kappa shape index (κ3) is 3.95. The van der Waals surface area contributed by atoms with E-state index in [1.807, 2.05) is 0 Å². The molecule has 2 aromatic rings. The van der Waals surface area contributed by atoms with E-state index in [9.17, 15) is 35.1 Å². The molecular weight excluding hydrogens is 348 g/mol. The van der Waals surface area contributed by atoms with E-state index in [1.54, 1.807) is 0 Å². The van der Waals surface area contributed by atoms with Crippen LogP contribution < -0.4 is 4.74 Å². The Bertz CT molecular complexity index is 701. The smallest absolute Gasteiger partial charge is 0.419 e. The van der Waals surface area contributed by atoms with Gasteiger partial charge in [0.2, 0.25) is 0 Å². The second kappa shape index (κ2) is 6.29. The molecule has 1 nitrogen and oxygen atoms in total. The molecule has 130 valence electrons. The number of hydrogen-bond donors (Lipinski definition) is 0. The van der Waals surface area contributed by atoms with E-state index in [4.69, 9.17) is 0 Å². The fourth-order valence-electron chi connectivity index (χ4n) is 2.04. The molecule has 0 bridgehead atoms. The van der Waals surface area contributed by atoms with Crippen molar-refractivity contribution in [2.24, 2.45) is 0 Å². The van der Waals surface area contributed by atoms with Crippen LogP contribution in [0.2, 0.25) is 0 Å². The van der Waals surface area contributed by atoms with Gasteiger partial charge < -0.3 is 4.74 Å². The molecule has 0 saturated heterocycles. The number of para-hydroxylation sites is 1. The second-order valence-electron chi connectivity index (χ2n) is 4.63. The number of alkyl halides is 8. The van der Waals surface area contributed by atoms with Crippen LogP contribution in [0.5, 0.6) is 5.75 Å². The van der Waals surface area contributed by atoms with Gasteiger partial charge in [-0.1, -0.05) is 24.3 Å². The van der Waals surface area contributed by atoms with Crippen molar-refractivity contribution >= 4 is 0 Å². The topological polar surface area (TPSA) is 9.23 Å². The largest absolute Gasteiger partial charge is 0.434 e. The van der Waals surface area contributed by atoms with Crippen LogP contribution in [-0.4, -0.2) is 6.61 Å². The van der Waals surface area contributed by atoms with Gasteiger partial charge in [-0.2, -0.15) is 35.1 Å². The van der Waals surface area contributed by atoms with Gasteiger partial charge in [-0.3, -0.25) is 0 Å². The van der Waals surface area contributed by atoms with E-state index in [2.05, 4.69) is 4.74 Å². The molecule has 0 unspecified atom stereocenters. The van der Waals surface area contributed by atoms with Gasteiger partial charge in [-0.25, -0.2) is 0 Å². The molecule has 0 aromatic heterocycles. The van der Waals surface area contributed by atoms with E-state index in [-0.39, 0.29) is 11.1 Å². The molecule has 0 radical (unpaired) electrons. The monoisotopic (exact) mass is 356 g/mol. The van der Waals surface area contributed by atoms with Crippen LogP contribution in [0.1, 0.15) is 11.1 Å². The van der Waals surface area contributed by atoms with Gasteiger partial charge in [0.25, 0.3) is 0 Å². The standard InChI is InChI=1S/C15H8F8O/c16-13(17)24-12-10(2-1-3-11(12)15(21,22)23)8-4-6-9(7-5-8)14(18,19)20/h1-7,13H. The normalized spacial score (nSPS) is 12.5. The molecule has 0 spiro atoms. The van der Waals surface area contributed by atoms with Crippen LogP contribution in [0.3, 0.4) is 0 Å². The lowest BCUT2D eigenvalue weighted by Crippen LogP contribution is -2.12. The van der Waals surface area contributed by atoms with Gasteiger partial charge in [0, 0.05) is 5.56 Å². The van der Waals surface area contributed by atoms with Crippen molar-refractivity contribution in [3.8, 4) is 16.9 Å². The zero-order valence-corrected chi connectivity index (χ0v) is 11.6. The Kier molecular flexibility index (Phi) is 4.73. The van der Waals surface area contributed by atoms with E-state index in [1.165, 1.54) is 0 Å². The summed E-state index contributed by atoms with van der Waals surface area (Å²) in [5, 5.41) is 0. The Hall–Kier alpha value is -2.32. The predicted octanol–water partition coefficient (Wildman–Crippen LogP) is 5.99. The molecule has 0 saturated carbocycles. The molecule has 0 amide bonds. The minimum absolute atomic E-state index is 0.121. The fraction of sp³-hybridized carbons (Fsp3) is 0.200. The third-order valence-electron chi connectivity index (χ3n) is 3.05. The van der Waals surface area contributed by atoms with Crippen LogP contribution in [-0.2, 0) is 12.4 Å². The molecule has 0 aliphatic carbocycles. The Balaban J connectivity index is 2.57. The summed E-state index contributed by atoms with van der Waals surface area (Å²) >= 11 is 0. The highest BCUT2D eigenvalue weighted by Crippen LogP contribution is 2.43. The molecule has 0 aliphatic rings. The van der Waals surface area contributed by atoms with Crippen LogP contribution in [0.25, 0.3) is 11.1 Å².